The second kappa shape index (κ2) is 6.95. The molecule has 2 rings (SSSR count). The Labute approximate surface area is 114 Å². The molecule has 2 N–H and O–H groups in total. The van der Waals surface area contributed by atoms with Crippen molar-refractivity contribution >= 4 is 12.4 Å². The van der Waals surface area contributed by atoms with E-state index in [9.17, 15) is 4.39 Å². The van der Waals surface area contributed by atoms with Crippen LogP contribution in [0.3, 0.4) is 0 Å². The van der Waals surface area contributed by atoms with Crippen LogP contribution in [0.25, 0.3) is 0 Å². The zero-order valence-corrected chi connectivity index (χ0v) is 11.5. The van der Waals surface area contributed by atoms with E-state index in [0.29, 0.717) is 17.2 Å². The Morgan fingerprint density at radius 2 is 1.94 bits per heavy atom. The van der Waals surface area contributed by atoms with Crippen molar-refractivity contribution in [2.24, 2.45) is 11.7 Å². The van der Waals surface area contributed by atoms with Crippen molar-refractivity contribution in [1.82, 2.24) is 0 Å². The molecule has 18 heavy (non-hydrogen) atoms. The number of ether oxygens (including phenoxy) is 1. The van der Waals surface area contributed by atoms with Crippen molar-refractivity contribution in [1.29, 1.82) is 0 Å². The molecule has 0 amide bonds. The van der Waals surface area contributed by atoms with Gasteiger partial charge in [-0.25, -0.2) is 4.39 Å². The van der Waals surface area contributed by atoms with E-state index in [4.69, 9.17) is 10.5 Å². The molecule has 0 bridgehead atoms. The first-order chi connectivity index (χ1) is 8.22. The highest BCUT2D eigenvalue weighted by Gasteiger charge is 2.24. The van der Waals surface area contributed by atoms with E-state index < -0.39 is 0 Å². The first kappa shape index (κ1) is 15.3. The largest absolute Gasteiger partial charge is 0.497 e. The Morgan fingerprint density at radius 1 is 1.28 bits per heavy atom. The molecule has 0 unspecified atom stereocenters. The fourth-order valence-electron chi connectivity index (χ4n) is 2.65. The average molecular weight is 274 g/mol. The second-order valence-corrected chi connectivity index (χ2v) is 4.81. The summed E-state index contributed by atoms with van der Waals surface area (Å²) in [6, 6.07) is 4.60. The maximum Gasteiger partial charge on any atom is 0.128 e. The molecule has 2 nitrogen and oxygen atoms in total. The quantitative estimate of drug-likeness (QED) is 0.908. The zero-order valence-electron chi connectivity index (χ0n) is 10.7. The minimum absolute atomic E-state index is 0. The normalized spacial score (nSPS) is 17.9. The topological polar surface area (TPSA) is 35.2 Å². The molecular formula is C14H21ClFNO. The molecule has 1 aromatic carbocycles. The summed E-state index contributed by atoms with van der Waals surface area (Å²) in [6.07, 6.45) is 5.92. The van der Waals surface area contributed by atoms with Gasteiger partial charge in [0.25, 0.3) is 0 Å². The van der Waals surface area contributed by atoms with E-state index >= 15 is 0 Å². The maximum absolute atomic E-state index is 13.8. The minimum Gasteiger partial charge on any atom is -0.497 e. The van der Waals surface area contributed by atoms with E-state index in [1.54, 1.807) is 19.2 Å². The van der Waals surface area contributed by atoms with E-state index in [1.165, 1.54) is 25.3 Å². The molecule has 1 aliphatic rings. The predicted molar refractivity (Wildman–Crippen MR) is 73.7 cm³/mol. The lowest BCUT2D eigenvalue weighted by molar-refractivity contribution is 0.302. The number of nitrogens with two attached hydrogens (primary N) is 1. The van der Waals surface area contributed by atoms with Crippen molar-refractivity contribution in [2.75, 3.05) is 7.11 Å². The lowest BCUT2D eigenvalue weighted by Crippen LogP contribution is -2.24. The second-order valence-electron chi connectivity index (χ2n) is 4.81. The van der Waals surface area contributed by atoms with E-state index in [-0.39, 0.29) is 24.3 Å². The molecule has 0 aromatic heterocycles. The van der Waals surface area contributed by atoms with Gasteiger partial charge < -0.3 is 10.5 Å². The highest BCUT2D eigenvalue weighted by molar-refractivity contribution is 5.85. The third-order valence-electron chi connectivity index (χ3n) is 3.72. The molecule has 102 valence electrons. The first-order valence-electron chi connectivity index (χ1n) is 6.31. The van der Waals surface area contributed by atoms with Gasteiger partial charge in [0, 0.05) is 11.6 Å². The van der Waals surface area contributed by atoms with E-state index in [0.717, 1.165) is 12.8 Å². The van der Waals surface area contributed by atoms with Crippen LogP contribution in [-0.4, -0.2) is 7.11 Å². The summed E-state index contributed by atoms with van der Waals surface area (Å²) in [7, 11) is 1.59. The molecule has 1 atom stereocenters. The van der Waals surface area contributed by atoms with Crippen molar-refractivity contribution in [2.45, 2.75) is 38.1 Å². The molecule has 1 aliphatic carbocycles. The van der Waals surface area contributed by atoms with Crippen LogP contribution in [0, 0.1) is 11.7 Å². The SMILES string of the molecule is COc1ccc(F)c([C@H](N)C2CCCCC2)c1.Cl. The van der Waals surface area contributed by atoms with Gasteiger partial charge in [-0.15, -0.1) is 12.4 Å². The van der Waals surface area contributed by atoms with Gasteiger partial charge in [0.05, 0.1) is 7.11 Å². The van der Waals surface area contributed by atoms with Gasteiger partial charge in [-0.2, -0.15) is 0 Å². The fraction of sp³-hybridized carbons (Fsp3) is 0.571. The lowest BCUT2D eigenvalue weighted by atomic mass is 9.81. The lowest BCUT2D eigenvalue weighted by Gasteiger charge is -2.28. The van der Waals surface area contributed by atoms with Crippen LogP contribution in [0.15, 0.2) is 18.2 Å². The zero-order chi connectivity index (χ0) is 12.3. The number of methoxy groups -OCH3 is 1. The Kier molecular flexibility index (Phi) is 5.89. The molecule has 0 spiro atoms. The molecule has 1 saturated carbocycles. The van der Waals surface area contributed by atoms with Crippen molar-refractivity contribution in [3.05, 3.63) is 29.6 Å². The van der Waals surface area contributed by atoms with Crippen LogP contribution < -0.4 is 10.5 Å². The van der Waals surface area contributed by atoms with Gasteiger partial charge in [0.2, 0.25) is 0 Å². The van der Waals surface area contributed by atoms with E-state index in [2.05, 4.69) is 0 Å². The third kappa shape index (κ3) is 3.36. The number of halogens is 2. The molecular weight excluding hydrogens is 253 g/mol. The highest BCUT2D eigenvalue weighted by atomic mass is 35.5. The summed E-state index contributed by atoms with van der Waals surface area (Å²) < 4.78 is 18.9. The predicted octanol–water partition coefficient (Wildman–Crippen LogP) is 3.84. The van der Waals surface area contributed by atoms with Crippen molar-refractivity contribution in [3.63, 3.8) is 0 Å². The summed E-state index contributed by atoms with van der Waals surface area (Å²) in [5.74, 6) is 0.863. The Hall–Kier alpha value is -0.800. The number of hydrogen-bond acceptors (Lipinski definition) is 2. The van der Waals surface area contributed by atoms with Crippen LogP contribution in [0.1, 0.15) is 43.7 Å². The average Bonchev–Trinajstić information content (AvgIpc) is 2.39. The summed E-state index contributed by atoms with van der Waals surface area (Å²) in [6.45, 7) is 0. The van der Waals surface area contributed by atoms with Crippen LogP contribution in [0.2, 0.25) is 0 Å². The Morgan fingerprint density at radius 3 is 2.56 bits per heavy atom. The number of rotatable bonds is 3. The third-order valence-corrected chi connectivity index (χ3v) is 3.72. The van der Waals surface area contributed by atoms with Gasteiger partial charge in [0.15, 0.2) is 0 Å². The fourth-order valence-corrected chi connectivity index (χ4v) is 2.65. The maximum atomic E-state index is 13.8. The van der Waals surface area contributed by atoms with Gasteiger partial charge in [-0.1, -0.05) is 19.3 Å². The molecule has 1 aromatic rings. The minimum atomic E-state index is -0.219. The molecule has 1 fully saturated rings. The molecule has 4 heteroatoms. The molecule has 0 radical (unpaired) electrons. The molecule has 0 heterocycles. The monoisotopic (exact) mass is 273 g/mol. The van der Waals surface area contributed by atoms with Gasteiger partial charge in [-0.05, 0) is 37.0 Å². The van der Waals surface area contributed by atoms with Gasteiger partial charge in [0.1, 0.15) is 11.6 Å². The van der Waals surface area contributed by atoms with Gasteiger partial charge >= 0.3 is 0 Å². The number of benzene rings is 1. The summed E-state index contributed by atoms with van der Waals surface area (Å²) in [4.78, 5) is 0. The number of hydrogen-bond donors (Lipinski definition) is 1. The molecule has 0 saturated heterocycles. The smallest absolute Gasteiger partial charge is 0.128 e. The molecule has 0 aliphatic heterocycles. The Bertz CT molecular complexity index is 380. The standard InChI is InChI=1S/C14H20FNO.ClH/c1-17-11-7-8-13(15)12(9-11)14(16)10-5-3-2-4-6-10;/h7-10,14H,2-6,16H2,1H3;1H/t14-;/m1./s1. The van der Waals surface area contributed by atoms with Crippen LogP contribution in [-0.2, 0) is 0 Å². The van der Waals surface area contributed by atoms with Crippen LogP contribution in [0.5, 0.6) is 5.75 Å². The summed E-state index contributed by atoms with van der Waals surface area (Å²) in [5, 5.41) is 0. The summed E-state index contributed by atoms with van der Waals surface area (Å²) in [5.41, 5.74) is 6.79. The summed E-state index contributed by atoms with van der Waals surface area (Å²) >= 11 is 0. The van der Waals surface area contributed by atoms with Crippen molar-refractivity contribution in [3.8, 4) is 5.75 Å². The highest BCUT2D eigenvalue weighted by Crippen LogP contribution is 2.34. The van der Waals surface area contributed by atoms with Crippen LogP contribution >= 0.6 is 12.4 Å². The van der Waals surface area contributed by atoms with Crippen molar-refractivity contribution < 1.29 is 9.13 Å². The first-order valence-corrected chi connectivity index (χ1v) is 6.31. The van der Waals surface area contributed by atoms with Crippen LogP contribution in [0.4, 0.5) is 4.39 Å². The van der Waals surface area contributed by atoms with E-state index in [1.807, 2.05) is 0 Å². The van der Waals surface area contributed by atoms with Gasteiger partial charge in [-0.3, -0.25) is 0 Å². The Balaban J connectivity index is 0.00000162.